The molecule has 3 rings (SSSR count). The Hall–Kier alpha value is -0.910. The molecule has 0 amide bonds. The molecular formula is C16H27N3O2. The first kappa shape index (κ1) is 15.0. The van der Waals surface area contributed by atoms with Gasteiger partial charge in [-0.25, -0.2) is 0 Å². The first-order valence-electron chi connectivity index (χ1n) is 8.00. The molecule has 5 heteroatoms. The lowest BCUT2D eigenvalue weighted by atomic mass is 9.76. The second kappa shape index (κ2) is 5.71. The molecule has 0 aliphatic carbocycles. The Morgan fingerprint density at radius 1 is 1.29 bits per heavy atom. The number of nitrogens with two attached hydrogens (primary N) is 1. The second-order valence-corrected chi connectivity index (χ2v) is 6.63. The highest BCUT2D eigenvalue weighted by atomic mass is 16.5. The maximum Gasteiger partial charge on any atom is 0.0729 e. The van der Waals surface area contributed by atoms with E-state index in [0.717, 1.165) is 51.2 Å². The van der Waals surface area contributed by atoms with Crippen LogP contribution in [0.25, 0.3) is 0 Å². The van der Waals surface area contributed by atoms with Crippen LogP contribution in [0, 0.1) is 19.8 Å². The molecule has 118 valence electrons. The fraction of sp³-hybridized carbons (Fsp3) is 0.812. The van der Waals surface area contributed by atoms with Crippen molar-refractivity contribution in [3.8, 4) is 0 Å². The van der Waals surface area contributed by atoms with Crippen LogP contribution in [0.2, 0.25) is 0 Å². The molecular weight excluding hydrogens is 266 g/mol. The number of nitrogens with zero attached hydrogens (tertiary/aromatic N) is 2. The lowest BCUT2D eigenvalue weighted by Crippen LogP contribution is -2.46. The summed E-state index contributed by atoms with van der Waals surface area (Å²) in [6.07, 6.45) is 4.09. The summed E-state index contributed by atoms with van der Waals surface area (Å²) in [4.78, 5) is 0. The summed E-state index contributed by atoms with van der Waals surface area (Å²) in [5, 5.41) is 4.52. The standard InChI is InChI=1S/C16H27N3O2/c1-11-14(12(2)19(3)18-11)15(17)13-4-7-21-16(10-13)5-8-20-9-6-16/h13,15H,4-10,17H2,1-3H3. The highest BCUT2D eigenvalue weighted by Gasteiger charge is 2.41. The van der Waals surface area contributed by atoms with Crippen molar-refractivity contribution < 1.29 is 9.47 Å². The van der Waals surface area contributed by atoms with Crippen LogP contribution in [0.15, 0.2) is 0 Å². The van der Waals surface area contributed by atoms with E-state index in [-0.39, 0.29) is 11.6 Å². The lowest BCUT2D eigenvalue weighted by Gasteiger charge is -2.44. The molecule has 21 heavy (non-hydrogen) atoms. The molecule has 3 heterocycles. The van der Waals surface area contributed by atoms with Gasteiger partial charge in [-0.2, -0.15) is 5.10 Å². The number of rotatable bonds is 2. The normalized spacial score (nSPS) is 27.0. The summed E-state index contributed by atoms with van der Waals surface area (Å²) in [7, 11) is 1.99. The Labute approximate surface area is 126 Å². The van der Waals surface area contributed by atoms with Gasteiger partial charge < -0.3 is 15.2 Å². The predicted molar refractivity (Wildman–Crippen MR) is 81.1 cm³/mol. The van der Waals surface area contributed by atoms with Crippen molar-refractivity contribution in [2.45, 2.75) is 51.2 Å². The van der Waals surface area contributed by atoms with E-state index in [1.54, 1.807) is 0 Å². The van der Waals surface area contributed by atoms with Gasteiger partial charge in [0.2, 0.25) is 0 Å². The third-order valence-corrected chi connectivity index (χ3v) is 5.34. The molecule has 0 bridgehead atoms. The van der Waals surface area contributed by atoms with Crippen LogP contribution in [-0.2, 0) is 16.5 Å². The first-order chi connectivity index (χ1) is 10.0. The topological polar surface area (TPSA) is 62.3 Å². The number of hydrogen-bond donors (Lipinski definition) is 1. The van der Waals surface area contributed by atoms with Crippen molar-refractivity contribution in [1.82, 2.24) is 9.78 Å². The van der Waals surface area contributed by atoms with Gasteiger partial charge in [0, 0.05) is 44.2 Å². The van der Waals surface area contributed by atoms with E-state index in [1.165, 1.54) is 11.3 Å². The van der Waals surface area contributed by atoms with E-state index in [2.05, 4.69) is 18.9 Å². The maximum absolute atomic E-state index is 6.63. The number of aryl methyl sites for hydroxylation is 2. The minimum Gasteiger partial charge on any atom is -0.381 e. The fourth-order valence-corrected chi connectivity index (χ4v) is 3.97. The molecule has 5 nitrogen and oxygen atoms in total. The molecule has 2 aliphatic rings. The van der Waals surface area contributed by atoms with Gasteiger partial charge in [-0.05, 0) is 45.4 Å². The van der Waals surface area contributed by atoms with Crippen molar-refractivity contribution in [3.63, 3.8) is 0 Å². The van der Waals surface area contributed by atoms with Gasteiger partial charge in [0.05, 0.1) is 11.3 Å². The lowest BCUT2D eigenvalue weighted by molar-refractivity contribution is -0.149. The summed E-state index contributed by atoms with van der Waals surface area (Å²) >= 11 is 0. The molecule has 1 spiro atoms. The highest BCUT2D eigenvalue weighted by molar-refractivity contribution is 5.28. The highest BCUT2D eigenvalue weighted by Crippen LogP contribution is 2.41. The summed E-state index contributed by atoms with van der Waals surface area (Å²) < 4.78 is 13.6. The van der Waals surface area contributed by atoms with Gasteiger partial charge in [-0.15, -0.1) is 0 Å². The van der Waals surface area contributed by atoms with Gasteiger partial charge >= 0.3 is 0 Å². The molecule has 2 aliphatic heterocycles. The predicted octanol–water partition coefficient (Wildman–Crippen LogP) is 2.01. The number of aromatic nitrogens is 2. The maximum atomic E-state index is 6.63. The van der Waals surface area contributed by atoms with Crippen LogP contribution < -0.4 is 5.73 Å². The Morgan fingerprint density at radius 3 is 2.62 bits per heavy atom. The smallest absolute Gasteiger partial charge is 0.0729 e. The molecule has 0 aromatic carbocycles. The van der Waals surface area contributed by atoms with E-state index in [0.29, 0.717) is 5.92 Å². The Balaban J connectivity index is 1.79. The monoisotopic (exact) mass is 293 g/mol. The summed E-state index contributed by atoms with van der Waals surface area (Å²) in [6.45, 7) is 6.61. The van der Waals surface area contributed by atoms with Gasteiger partial charge in [0.25, 0.3) is 0 Å². The van der Waals surface area contributed by atoms with E-state index in [1.807, 2.05) is 11.7 Å². The summed E-state index contributed by atoms with van der Waals surface area (Å²) in [5.74, 6) is 0.471. The average Bonchev–Trinajstić information content (AvgIpc) is 2.72. The minimum atomic E-state index is 0.00278. The zero-order valence-electron chi connectivity index (χ0n) is 13.4. The Kier molecular flexibility index (Phi) is 4.08. The molecule has 2 N–H and O–H groups in total. The van der Waals surface area contributed by atoms with Crippen molar-refractivity contribution in [2.75, 3.05) is 19.8 Å². The van der Waals surface area contributed by atoms with Crippen molar-refractivity contribution in [3.05, 3.63) is 17.0 Å². The van der Waals surface area contributed by atoms with Crippen LogP contribution in [0.3, 0.4) is 0 Å². The largest absolute Gasteiger partial charge is 0.381 e. The first-order valence-corrected chi connectivity index (χ1v) is 8.00. The summed E-state index contributed by atoms with van der Waals surface area (Å²) in [6, 6.07) is 0.0577. The Bertz CT molecular complexity index is 500. The van der Waals surface area contributed by atoms with Gasteiger partial charge in [0.15, 0.2) is 0 Å². The van der Waals surface area contributed by atoms with Crippen molar-refractivity contribution in [2.24, 2.45) is 18.7 Å². The molecule has 1 aromatic rings. The molecule has 2 fully saturated rings. The molecule has 2 atom stereocenters. The quantitative estimate of drug-likeness (QED) is 0.906. The fourth-order valence-electron chi connectivity index (χ4n) is 3.97. The van der Waals surface area contributed by atoms with Gasteiger partial charge in [0.1, 0.15) is 0 Å². The van der Waals surface area contributed by atoms with Gasteiger partial charge in [-0.1, -0.05) is 0 Å². The average molecular weight is 293 g/mol. The molecule has 0 saturated carbocycles. The van der Waals surface area contributed by atoms with E-state index in [4.69, 9.17) is 15.2 Å². The zero-order valence-corrected chi connectivity index (χ0v) is 13.4. The van der Waals surface area contributed by atoms with E-state index >= 15 is 0 Å². The van der Waals surface area contributed by atoms with Crippen molar-refractivity contribution in [1.29, 1.82) is 0 Å². The van der Waals surface area contributed by atoms with Crippen LogP contribution in [0.5, 0.6) is 0 Å². The second-order valence-electron chi connectivity index (χ2n) is 6.63. The minimum absolute atomic E-state index is 0.00278. The number of ether oxygens (including phenoxy) is 2. The summed E-state index contributed by atoms with van der Waals surface area (Å²) in [5.41, 5.74) is 10.1. The SMILES string of the molecule is Cc1nn(C)c(C)c1C(N)C1CCOC2(CCOCC2)C1. The molecule has 2 unspecified atom stereocenters. The van der Waals surface area contributed by atoms with Crippen molar-refractivity contribution >= 4 is 0 Å². The van der Waals surface area contributed by atoms with Crippen LogP contribution >= 0.6 is 0 Å². The van der Waals surface area contributed by atoms with E-state index < -0.39 is 0 Å². The zero-order chi connectivity index (χ0) is 15.0. The molecule has 2 saturated heterocycles. The van der Waals surface area contributed by atoms with Crippen LogP contribution in [0.1, 0.15) is 48.7 Å². The number of hydrogen-bond acceptors (Lipinski definition) is 4. The Morgan fingerprint density at radius 2 is 2.00 bits per heavy atom. The third kappa shape index (κ3) is 2.74. The third-order valence-electron chi connectivity index (χ3n) is 5.34. The van der Waals surface area contributed by atoms with Gasteiger partial charge in [-0.3, -0.25) is 4.68 Å². The van der Waals surface area contributed by atoms with Crippen LogP contribution in [0.4, 0.5) is 0 Å². The molecule has 0 radical (unpaired) electrons. The van der Waals surface area contributed by atoms with E-state index in [9.17, 15) is 0 Å². The molecule has 1 aromatic heterocycles. The van der Waals surface area contributed by atoms with Crippen LogP contribution in [-0.4, -0.2) is 35.2 Å².